The smallest absolute Gasteiger partial charge is 0.303 e. The molecule has 2 heterocycles. The number of rotatable bonds is 6. The summed E-state index contributed by atoms with van der Waals surface area (Å²) in [7, 11) is 0. The van der Waals surface area contributed by atoms with Gasteiger partial charge in [-0.15, -0.1) is 10.2 Å². The van der Waals surface area contributed by atoms with Crippen LogP contribution in [0.1, 0.15) is 38.1 Å². The van der Waals surface area contributed by atoms with Crippen molar-refractivity contribution in [1.29, 1.82) is 0 Å². The van der Waals surface area contributed by atoms with Crippen molar-refractivity contribution in [1.82, 2.24) is 19.9 Å². The Hall–Kier alpha value is -2.44. The summed E-state index contributed by atoms with van der Waals surface area (Å²) in [5.74, 6) is -0.437. The van der Waals surface area contributed by atoms with Gasteiger partial charge >= 0.3 is 5.97 Å². The largest absolute Gasteiger partial charge is 0.481 e. The highest BCUT2D eigenvalue weighted by molar-refractivity contribution is 5.77. The molecule has 7 nitrogen and oxygen atoms in total. The predicted molar refractivity (Wildman–Crippen MR) is 71.0 cm³/mol. The molecule has 0 radical (unpaired) electrons. The average Bonchev–Trinajstić information content (AvgIpc) is 2.82. The molecule has 2 N–H and O–H groups in total. The monoisotopic (exact) mass is 276 g/mol. The summed E-state index contributed by atoms with van der Waals surface area (Å²) in [5, 5.41) is 19.4. The molecule has 0 saturated heterocycles. The van der Waals surface area contributed by atoms with Gasteiger partial charge < -0.3 is 10.4 Å². The molecule has 0 bridgehead atoms. The van der Waals surface area contributed by atoms with Crippen LogP contribution >= 0.6 is 0 Å². The molecule has 7 heteroatoms. The van der Waals surface area contributed by atoms with Crippen LogP contribution in [0.2, 0.25) is 0 Å². The number of amides is 1. The number of carboxylic acids is 1. The lowest BCUT2D eigenvalue weighted by atomic mass is 10.2. The lowest BCUT2D eigenvalue weighted by molar-refractivity contribution is -0.137. The fourth-order valence-corrected chi connectivity index (χ4v) is 1.93. The second-order valence-corrected chi connectivity index (χ2v) is 4.52. The van der Waals surface area contributed by atoms with Gasteiger partial charge in [0.2, 0.25) is 5.91 Å². The van der Waals surface area contributed by atoms with E-state index in [1.807, 2.05) is 35.7 Å². The molecule has 2 aromatic heterocycles. The Labute approximate surface area is 115 Å². The molecule has 106 valence electrons. The Bertz CT molecular complexity index is 623. The number of hydrogen-bond donors (Lipinski definition) is 2. The summed E-state index contributed by atoms with van der Waals surface area (Å²) in [5.41, 5.74) is 0.717. The van der Waals surface area contributed by atoms with Crippen molar-refractivity contribution >= 4 is 17.5 Å². The summed E-state index contributed by atoms with van der Waals surface area (Å²) in [6.45, 7) is 1.82. The molecule has 0 aliphatic heterocycles. The number of aromatic nitrogens is 3. The van der Waals surface area contributed by atoms with E-state index < -0.39 is 5.97 Å². The lowest BCUT2D eigenvalue weighted by Gasteiger charge is -2.12. The van der Waals surface area contributed by atoms with Crippen LogP contribution in [0.25, 0.3) is 5.65 Å². The Morgan fingerprint density at radius 2 is 2.15 bits per heavy atom. The molecule has 0 fully saturated rings. The average molecular weight is 276 g/mol. The van der Waals surface area contributed by atoms with Crippen LogP contribution < -0.4 is 5.32 Å². The fourth-order valence-electron chi connectivity index (χ4n) is 1.93. The van der Waals surface area contributed by atoms with Gasteiger partial charge in [-0.1, -0.05) is 6.07 Å². The van der Waals surface area contributed by atoms with Crippen molar-refractivity contribution in [2.75, 3.05) is 0 Å². The summed E-state index contributed by atoms with van der Waals surface area (Å²) in [6, 6.07) is 5.27. The first-order valence-electron chi connectivity index (χ1n) is 6.38. The highest BCUT2D eigenvalue weighted by Gasteiger charge is 2.15. The van der Waals surface area contributed by atoms with Crippen LogP contribution in [0.5, 0.6) is 0 Å². The van der Waals surface area contributed by atoms with E-state index >= 15 is 0 Å². The standard InChI is InChI=1S/C13H16N4O3/c1-9(14-11(18)6-4-7-12(19)20)13-16-15-10-5-2-3-8-17(10)13/h2-3,5,8-9H,4,6-7H2,1H3,(H,14,18)(H,19,20)/t9-/m0/s1. The van der Waals surface area contributed by atoms with Crippen LogP contribution in [-0.4, -0.2) is 31.6 Å². The third-order valence-electron chi connectivity index (χ3n) is 2.90. The highest BCUT2D eigenvalue weighted by Crippen LogP contribution is 2.12. The van der Waals surface area contributed by atoms with E-state index in [9.17, 15) is 9.59 Å². The highest BCUT2D eigenvalue weighted by atomic mass is 16.4. The van der Waals surface area contributed by atoms with E-state index in [0.29, 0.717) is 12.2 Å². The SMILES string of the molecule is C[C@H](NC(=O)CCCC(=O)O)c1nnc2ccccn12. The molecule has 2 rings (SSSR count). The summed E-state index contributed by atoms with van der Waals surface area (Å²) >= 11 is 0. The van der Waals surface area contributed by atoms with Crippen molar-refractivity contribution in [3.05, 3.63) is 30.2 Å². The lowest BCUT2D eigenvalue weighted by Crippen LogP contribution is -2.27. The van der Waals surface area contributed by atoms with Crippen LogP contribution in [0.15, 0.2) is 24.4 Å². The molecule has 0 spiro atoms. The Morgan fingerprint density at radius 1 is 1.35 bits per heavy atom. The van der Waals surface area contributed by atoms with Crippen molar-refractivity contribution in [2.45, 2.75) is 32.2 Å². The number of nitrogens with one attached hydrogen (secondary N) is 1. The Morgan fingerprint density at radius 3 is 2.90 bits per heavy atom. The third kappa shape index (κ3) is 3.31. The molecular formula is C13H16N4O3. The van der Waals surface area contributed by atoms with Gasteiger partial charge in [0.15, 0.2) is 11.5 Å². The zero-order valence-electron chi connectivity index (χ0n) is 11.1. The van der Waals surface area contributed by atoms with Crippen molar-refractivity contribution < 1.29 is 14.7 Å². The molecule has 0 saturated carbocycles. The number of fused-ring (bicyclic) bond motifs is 1. The first-order valence-corrected chi connectivity index (χ1v) is 6.38. The topological polar surface area (TPSA) is 96.6 Å². The van der Waals surface area contributed by atoms with Gasteiger partial charge in [0.05, 0.1) is 6.04 Å². The number of aliphatic carboxylic acids is 1. The van der Waals surface area contributed by atoms with Gasteiger partial charge in [-0.3, -0.25) is 14.0 Å². The zero-order chi connectivity index (χ0) is 14.5. The quantitative estimate of drug-likeness (QED) is 0.825. The van der Waals surface area contributed by atoms with Crippen LogP contribution in [0, 0.1) is 0 Å². The number of carbonyl (C=O) groups excluding carboxylic acids is 1. The molecular weight excluding hydrogens is 260 g/mol. The van der Waals surface area contributed by atoms with E-state index in [4.69, 9.17) is 5.11 Å². The minimum atomic E-state index is -0.894. The first kappa shape index (κ1) is 14.0. The van der Waals surface area contributed by atoms with E-state index in [1.54, 1.807) is 0 Å². The van der Waals surface area contributed by atoms with Crippen molar-refractivity contribution in [3.8, 4) is 0 Å². The molecule has 1 amide bonds. The number of carboxylic acid groups (broad SMARTS) is 1. The van der Waals surface area contributed by atoms with E-state index in [0.717, 1.165) is 5.65 Å². The minimum absolute atomic E-state index is 0.00430. The van der Waals surface area contributed by atoms with Gasteiger partial charge in [-0.05, 0) is 25.5 Å². The minimum Gasteiger partial charge on any atom is -0.481 e. The number of nitrogens with zero attached hydrogens (tertiary/aromatic N) is 3. The normalized spacial score (nSPS) is 12.2. The summed E-state index contributed by atoms with van der Waals surface area (Å²) in [6.07, 6.45) is 2.34. The Balaban J connectivity index is 1.96. The van der Waals surface area contributed by atoms with Crippen LogP contribution in [0.4, 0.5) is 0 Å². The van der Waals surface area contributed by atoms with Gasteiger partial charge in [0, 0.05) is 19.0 Å². The molecule has 2 aromatic rings. The van der Waals surface area contributed by atoms with Gasteiger partial charge in [0.1, 0.15) is 0 Å². The predicted octanol–water partition coefficient (Wildman–Crippen LogP) is 1.16. The Kier molecular flexibility index (Phi) is 4.29. The molecule has 20 heavy (non-hydrogen) atoms. The second kappa shape index (κ2) is 6.14. The van der Waals surface area contributed by atoms with Gasteiger partial charge in [-0.25, -0.2) is 0 Å². The van der Waals surface area contributed by atoms with E-state index in [1.165, 1.54) is 0 Å². The number of pyridine rings is 1. The summed E-state index contributed by atoms with van der Waals surface area (Å²) in [4.78, 5) is 22.1. The van der Waals surface area contributed by atoms with Gasteiger partial charge in [0.25, 0.3) is 0 Å². The van der Waals surface area contributed by atoms with Crippen molar-refractivity contribution in [3.63, 3.8) is 0 Å². The number of hydrogen-bond acceptors (Lipinski definition) is 4. The van der Waals surface area contributed by atoms with E-state index in [-0.39, 0.29) is 24.8 Å². The molecule has 0 aliphatic rings. The maximum Gasteiger partial charge on any atom is 0.303 e. The zero-order valence-corrected chi connectivity index (χ0v) is 11.1. The van der Waals surface area contributed by atoms with Gasteiger partial charge in [-0.2, -0.15) is 0 Å². The maximum absolute atomic E-state index is 11.7. The molecule has 0 unspecified atom stereocenters. The number of carbonyl (C=O) groups is 2. The maximum atomic E-state index is 11.7. The molecule has 0 aromatic carbocycles. The van der Waals surface area contributed by atoms with E-state index in [2.05, 4.69) is 15.5 Å². The second-order valence-electron chi connectivity index (χ2n) is 4.52. The fraction of sp³-hybridized carbons (Fsp3) is 0.385. The van der Waals surface area contributed by atoms with Crippen LogP contribution in [-0.2, 0) is 9.59 Å². The van der Waals surface area contributed by atoms with Crippen molar-refractivity contribution in [2.24, 2.45) is 0 Å². The first-order chi connectivity index (χ1) is 9.58. The molecule has 0 aliphatic carbocycles. The third-order valence-corrected chi connectivity index (χ3v) is 2.90. The molecule has 1 atom stereocenters. The summed E-state index contributed by atoms with van der Waals surface area (Å²) < 4.78 is 1.81. The van der Waals surface area contributed by atoms with Crippen LogP contribution in [0.3, 0.4) is 0 Å².